The van der Waals surface area contributed by atoms with Gasteiger partial charge in [-0.1, -0.05) is 6.58 Å². The smallest absolute Gasteiger partial charge is 0.413 e. The van der Waals surface area contributed by atoms with Crippen molar-refractivity contribution < 1.29 is 128 Å². The topological polar surface area (TPSA) is 26.3 Å². The Morgan fingerprint density at radius 3 is 0.717 bits per heavy atom. The Labute approximate surface area is 232 Å². The zero-order valence-electron chi connectivity index (χ0n) is 20.2. The van der Waals surface area contributed by atoms with Crippen LogP contribution >= 0.6 is 0 Å². The van der Waals surface area contributed by atoms with Crippen molar-refractivity contribution in [3.8, 4) is 0 Å². The fourth-order valence-corrected chi connectivity index (χ4v) is 2.48. The minimum absolute atomic E-state index is 0.241. The molecule has 0 aliphatic rings. The van der Waals surface area contributed by atoms with E-state index in [1.54, 1.807) is 0 Å². The van der Waals surface area contributed by atoms with Gasteiger partial charge in [0, 0.05) is 5.57 Å². The molecule has 0 aliphatic carbocycles. The summed E-state index contributed by atoms with van der Waals surface area (Å²) in [5.74, 6) is -107. The highest BCUT2D eigenvalue weighted by molar-refractivity contribution is 5.87. The van der Waals surface area contributed by atoms with Crippen LogP contribution in [-0.2, 0) is 9.53 Å². The lowest BCUT2D eigenvalue weighted by Gasteiger charge is -2.47. The standard InChI is InChI=1S/C17H5F27O2/c1-3(2)4(45)46-15(38,11(30,31)7(22,23)5(18,19)9(26,27)13(34,35)16(39,40)41)12(32,33)8(24,25)6(20,21)10(28,29)14(36,37)17(42,43)44/h1H2,2H3. The summed E-state index contributed by atoms with van der Waals surface area (Å²) in [5, 5.41) is 0. The predicted molar refractivity (Wildman–Crippen MR) is 86.3 cm³/mol. The molecule has 0 rings (SSSR count). The fourth-order valence-electron chi connectivity index (χ4n) is 2.48. The summed E-state index contributed by atoms with van der Waals surface area (Å²) in [7, 11) is 0. The van der Waals surface area contributed by atoms with E-state index in [-0.39, 0.29) is 6.92 Å². The molecule has 46 heavy (non-hydrogen) atoms. The first-order valence-corrected chi connectivity index (χ1v) is 9.82. The molecule has 0 aromatic carbocycles. The lowest BCUT2D eigenvalue weighted by Crippen LogP contribution is -2.80. The Hall–Kier alpha value is -2.68. The zero-order valence-corrected chi connectivity index (χ0v) is 20.2. The molecule has 0 aromatic rings. The van der Waals surface area contributed by atoms with Crippen molar-refractivity contribution in [3.63, 3.8) is 0 Å². The van der Waals surface area contributed by atoms with E-state index < -0.39 is 89.0 Å². The first kappa shape index (κ1) is 43.3. The number of rotatable bonds is 12. The molecular formula is C17H5F27O2. The molecule has 0 bridgehead atoms. The van der Waals surface area contributed by atoms with Crippen LogP contribution in [0, 0.1) is 0 Å². The highest BCUT2D eigenvalue weighted by Crippen LogP contribution is 2.68. The molecule has 0 aliphatic heterocycles. The van der Waals surface area contributed by atoms with Crippen molar-refractivity contribution >= 4 is 5.97 Å². The molecule has 0 aromatic heterocycles. The van der Waals surface area contributed by atoms with Crippen LogP contribution < -0.4 is 0 Å². The second-order valence-corrected chi connectivity index (χ2v) is 8.50. The van der Waals surface area contributed by atoms with Crippen molar-refractivity contribution in [1.29, 1.82) is 0 Å². The highest BCUT2D eigenvalue weighted by Gasteiger charge is 3.01. The number of esters is 1. The minimum Gasteiger partial charge on any atom is -0.413 e. The predicted octanol–water partition coefficient (Wildman–Crippen LogP) is 9.25. The van der Waals surface area contributed by atoms with E-state index in [0.29, 0.717) is 0 Å². The lowest BCUT2D eigenvalue weighted by atomic mass is 9.83. The average molecular weight is 754 g/mol. The van der Waals surface area contributed by atoms with Gasteiger partial charge < -0.3 is 4.74 Å². The first-order chi connectivity index (χ1) is 19.3. The molecule has 0 fully saturated rings. The third-order valence-corrected chi connectivity index (χ3v) is 5.26. The summed E-state index contributed by atoms with van der Waals surface area (Å²) in [6.45, 7) is 1.79. The number of carbonyl (C=O) groups excluding carboxylic acids is 1. The Bertz CT molecular complexity index is 1100. The maximum absolute atomic E-state index is 14.9. The third kappa shape index (κ3) is 5.14. The molecule has 0 saturated heterocycles. The summed E-state index contributed by atoms with van der Waals surface area (Å²) in [6.07, 6.45) is -16.5. The summed E-state index contributed by atoms with van der Waals surface area (Å²) in [5.41, 5.74) is -2.17. The molecule has 0 saturated carbocycles. The second kappa shape index (κ2) is 10.7. The van der Waals surface area contributed by atoms with Crippen LogP contribution in [0.1, 0.15) is 6.92 Å². The van der Waals surface area contributed by atoms with Crippen LogP contribution in [0.25, 0.3) is 0 Å². The Morgan fingerprint density at radius 1 is 0.370 bits per heavy atom. The molecule has 2 nitrogen and oxygen atoms in total. The van der Waals surface area contributed by atoms with Crippen LogP contribution in [0.5, 0.6) is 0 Å². The first-order valence-electron chi connectivity index (χ1n) is 9.82. The molecule has 0 unspecified atom stereocenters. The molecule has 0 atom stereocenters. The monoisotopic (exact) mass is 754 g/mol. The van der Waals surface area contributed by atoms with Gasteiger partial charge in [-0.05, 0) is 6.92 Å². The van der Waals surface area contributed by atoms with Gasteiger partial charge in [-0.25, -0.2) is 4.79 Å². The number of carbonyl (C=O) groups is 1. The van der Waals surface area contributed by atoms with Gasteiger partial charge in [0.15, 0.2) is 0 Å². The van der Waals surface area contributed by atoms with E-state index in [1.807, 2.05) is 11.3 Å². The zero-order chi connectivity index (χ0) is 38.4. The number of hydrogen-bond acceptors (Lipinski definition) is 2. The SMILES string of the molecule is C=C(C)C(=O)OC(F)(C(F)(F)C(F)(F)C(F)(F)C(F)(F)C(F)(F)C(F)(F)F)C(F)(F)C(F)(F)C(F)(F)C(F)(F)C(F)(F)C(F)(F)F. The van der Waals surface area contributed by atoms with Gasteiger partial charge in [0.05, 0.1) is 0 Å². The van der Waals surface area contributed by atoms with Gasteiger partial charge in [-0.3, -0.25) is 0 Å². The van der Waals surface area contributed by atoms with Crippen molar-refractivity contribution in [2.24, 2.45) is 0 Å². The Balaban J connectivity index is 8.12. The van der Waals surface area contributed by atoms with E-state index in [4.69, 9.17) is 0 Å². The van der Waals surface area contributed by atoms with Crippen molar-refractivity contribution in [1.82, 2.24) is 0 Å². The summed E-state index contributed by atoms with van der Waals surface area (Å²) in [4.78, 5) is 11.3. The van der Waals surface area contributed by atoms with Crippen LogP contribution in [0.3, 0.4) is 0 Å². The van der Waals surface area contributed by atoms with Crippen molar-refractivity contribution in [2.75, 3.05) is 0 Å². The summed E-state index contributed by atoms with van der Waals surface area (Å²) >= 11 is 0. The average Bonchev–Trinajstić information content (AvgIpc) is 2.80. The molecule has 0 heterocycles. The number of alkyl halides is 27. The maximum atomic E-state index is 14.9. The van der Waals surface area contributed by atoms with Crippen LogP contribution in [0.15, 0.2) is 12.2 Å². The van der Waals surface area contributed by atoms with Gasteiger partial charge in [-0.15, -0.1) is 0 Å². The Kier molecular flexibility index (Phi) is 10.0. The van der Waals surface area contributed by atoms with E-state index in [9.17, 15) is 123 Å². The van der Waals surface area contributed by atoms with Gasteiger partial charge in [0.1, 0.15) is 0 Å². The number of halogens is 27. The van der Waals surface area contributed by atoms with E-state index >= 15 is 0 Å². The number of hydrogen-bond donors (Lipinski definition) is 0. The fraction of sp³-hybridized carbons (Fsp3) is 0.824. The van der Waals surface area contributed by atoms with Gasteiger partial charge in [0.2, 0.25) is 0 Å². The summed E-state index contributed by atoms with van der Waals surface area (Å²) in [6, 6.07) is 0. The molecule has 0 spiro atoms. The quantitative estimate of drug-likeness (QED) is 0.113. The largest absolute Gasteiger partial charge is 0.460 e. The van der Waals surface area contributed by atoms with Crippen molar-refractivity contribution in [2.45, 2.75) is 84.4 Å². The second-order valence-electron chi connectivity index (χ2n) is 8.50. The van der Waals surface area contributed by atoms with Gasteiger partial charge in [0.25, 0.3) is 0 Å². The van der Waals surface area contributed by atoms with Crippen LogP contribution in [-0.4, -0.2) is 83.4 Å². The maximum Gasteiger partial charge on any atom is 0.460 e. The highest BCUT2D eigenvalue weighted by atomic mass is 19.4. The molecule has 0 N–H and O–H groups in total. The molecule has 0 amide bonds. The third-order valence-electron chi connectivity index (χ3n) is 5.26. The molecule has 0 radical (unpaired) electrons. The Morgan fingerprint density at radius 2 is 0.543 bits per heavy atom. The molecule has 274 valence electrons. The van der Waals surface area contributed by atoms with Crippen LogP contribution in [0.2, 0.25) is 0 Å². The summed E-state index contributed by atoms with van der Waals surface area (Å²) < 4.78 is 363. The molecular weight excluding hydrogens is 749 g/mol. The van der Waals surface area contributed by atoms with Gasteiger partial charge in [-0.2, -0.15) is 119 Å². The normalized spacial score (nSPS) is 16.4. The van der Waals surface area contributed by atoms with Crippen molar-refractivity contribution in [3.05, 3.63) is 12.2 Å². The lowest BCUT2D eigenvalue weighted by molar-refractivity contribution is -0.496. The van der Waals surface area contributed by atoms with E-state index in [2.05, 4.69) is 0 Å². The van der Waals surface area contributed by atoms with Gasteiger partial charge >= 0.3 is 83.4 Å². The molecule has 29 heteroatoms. The van der Waals surface area contributed by atoms with E-state index in [1.165, 1.54) is 0 Å². The van der Waals surface area contributed by atoms with E-state index in [0.717, 1.165) is 0 Å². The minimum atomic E-state index is -9.64. The van der Waals surface area contributed by atoms with Crippen LogP contribution in [0.4, 0.5) is 119 Å². The number of ether oxygens (including phenoxy) is 1.